The van der Waals surface area contributed by atoms with Crippen LogP contribution in [0.15, 0.2) is 0 Å². The summed E-state index contributed by atoms with van der Waals surface area (Å²) in [5.74, 6) is 0.524. The molecule has 0 aromatic carbocycles. The topological polar surface area (TPSA) is 38.5 Å². The highest BCUT2D eigenvalue weighted by atomic mass is 16.5. The molecule has 2 atom stereocenters. The van der Waals surface area contributed by atoms with E-state index < -0.39 is 0 Å². The van der Waals surface area contributed by atoms with E-state index >= 15 is 0 Å². The maximum absolute atomic E-state index is 6.14. The Morgan fingerprint density at radius 3 is 2.56 bits per heavy atom. The van der Waals surface area contributed by atoms with Gasteiger partial charge in [0.25, 0.3) is 0 Å². The number of nitrogens with zero attached hydrogens (tertiary/aromatic N) is 1. The zero-order chi connectivity index (χ0) is 13.8. The zero-order valence-corrected chi connectivity index (χ0v) is 12.9. The van der Waals surface area contributed by atoms with Crippen molar-refractivity contribution in [3.05, 3.63) is 0 Å². The molecular weight excluding hydrogens is 224 g/mol. The Balaban J connectivity index is 2.66. The van der Waals surface area contributed by atoms with Crippen molar-refractivity contribution >= 4 is 0 Å². The van der Waals surface area contributed by atoms with Crippen LogP contribution in [0.25, 0.3) is 0 Å². The van der Waals surface area contributed by atoms with E-state index in [1.54, 1.807) is 0 Å². The minimum atomic E-state index is 0.152. The van der Waals surface area contributed by atoms with Crippen LogP contribution in [0.2, 0.25) is 0 Å². The highest BCUT2D eigenvalue weighted by Crippen LogP contribution is 2.31. The number of unbranched alkanes of at least 4 members (excludes halogenated alkanes) is 1. The molecule has 1 aliphatic heterocycles. The van der Waals surface area contributed by atoms with Gasteiger partial charge >= 0.3 is 0 Å². The van der Waals surface area contributed by atoms with Crippen LogP contribution in [0.5, 0.6) is 0 Å². The summed E-state index contributed by atoms with van der Waals surface area (Å²) in [5, 5.41) is 0. The molecule has 0 amide bonds. The fraction of sp³-hybridized carbons (Fsp3) is 1.00. The predicted octanol–water partition coefficient (Wildman–Crippen LogP) is 2.99. The van der Waals surface area contributed by atoms with E-state index in [1.807, 2.05) is 0 Å². The molecule has 0 aromatic rings. The third-order valence-corrected chi connectivity index (χ3v) is 3.94. The predicted molar refractivity (Wildman–Crippen MR) is 77.5 cm³/mol. The second-order valence-electron chi connectivity index (χ2n) is 6.62. The number of ether oxygens (including phenoxy) is 1. The van der Waals surface area contributed by atoms with Crippen molar-refractivity contribution in [3.63, 3.8) is 0 Å². The van der Waals surface area contributed by atoms with Crippen LogP contribution in [0, 0.1) is 5.92 Å². The zero-order valence-electron chi connectivity index (χ0n) is 12.9. The van der Waals surface area contributed by atoms with E-state index in [4.69, 9.17) is 10.5 Å². The fourth-order valence-corrected chi connectivity index (χ4v) is 2.93. The molecule has 18 heavy (non-hydrogen) atoms. The lowest BCUT2D eigenvalue weighted by atomic mass is 9.86. The molecule has 0 radical (unpaired) electrons. The van der Waals surface area contributed by atoms with Gasteiger partial charge in [0.2, 0.25) is 0 Å². The fourth-order valence-electron chi connectivity index (χ4n) is 2.93. The lowest BCUT2D eigenvalue weighted by molar-refractivity contribution is -0.138. The van der Waals surface area contributed by atoms with Gasteiger partial charge in [-0.2, -0.15) is 0 Å². The van der Waals surface area contributed by atoms with Crippen molar-refractivity contribution in [2.45, 2.75) is 78.1 Å². The Morgan fingerprint density at radius 2 is 2.06 bits per heavy atom. The lowest BCUT2D eigenvalue weighted by Crippen LogP contribution is -2.59. The molecule has 0 bridgehead atoms. The molecule has 3 heteroatoms. The second kappa shape index (κ2) is 6.88. The van der Waals surface area contributed by atoms with Crippen molar-refractivity contribution in [1.82, 2.24) is 4.90 Å². The summed E-state index contributed by atoms with van der Waals surface area (Å²) >= 11 is 0. The largest absolute Gasteiger partial charge is 0.363 e. The van der Waals surface area contributed by atoms with E-state index in [-0.39, 0.29) is 11.8 Å². The molecule has 1 fully saturated rings. The van der Waals surface area contributed by atoms with Crippen molar-refractivity contribution in [2.75, 3.05) is 13.2 Å². The number of piperidine rings is 1. The van der Waals surface area contributed by atoms with Gasteiger partial charge in [-0.3, -0.25) is 4.90 Å². The van der Waals surface area contributed by atoms with Gasteiger partial charge in [-0.25, -0.2) is 0 Å². The first-order valence-electron chi connectivity index (χ1n) is 7.52. The van der Waals surface area contributed by atoms with Crippen LogP contribution in [0.3, 0.4) is 0 Å². The first kappa shape index (κ1) is 15.9. The van der Waals surface area contributed by atoms with Crippen LogP contribution in [0.4, 0.5) is 0 Å². The van der Waals surface area contributed by atoms with Gasteiger partial charge in [0.1, 0.15) is 6.23 Å². The van der Waals surface area contributed by atoms with Crippen LogP contribution in [0.1, 0.15) is 60.3 Å². The second-order valence-corrected chi connectivity index (χ2v) is 6.62. The summed E-state index contributed by atoms with van der Waals surface area (Å²) in [6.45, 7) is 13.2. The maximum Gasteiger partial charge on any atom is 0.113 e. The van der Waals surface area contributed by atoms with Gasteiger partial charge in [-0.05, 0) is 39.0 Å². The number of hydrogen-bond donors (Lipinski definition) is 1. The monoisotopic (exact) mass is 256 g/mol. The maximum atomic E-state index is 6.14. The lowest BCUT2D eigenvalue weighted by Gasteiger charge is -2.49. The van der Waals surface area contributed by atoms with Gasteiger partial charge in [0.05, 0.1) is 0 Å². The van der Waals surface area contributed by atoms with Crippen LogP contribution < -0.4 is 5.73 Å². The van der Waals surface area contributed by atoms with Gasteiger partial charge in [-0.1, -0.05) is 27.2 Å². The number of rotatable bonds is 6. The Kier molecular flexibility index (Phi) is 6.09. The summed E-state index contributed by atoms with van der Waals surface area (Å²) in [4.78, 5) is 2.52. The summed E-state index contributed by atoms with van der Waals surface area (Å²) in [6, 6.07) is 0.347. The van der Waals surface area contributed by atoms with Gasteiger partial charge < -0.3 is 10.5 Å². The van der Waals surface area contributed by atoms with Crippen molar-refractivity contribution in [2.24, 2.45) is 11.7 Å². The third-order valence-electron chi connectivity index (χ3n) is 3.94. The van der Waals surface area contributed by atoms with Crippen molar-refractivity contribution in [1.29, 1.82) is 0 Å². The molecule has 1 rings (SSSR count). The third kappa shape index (κ3) is 4.22. The Hall–Kier alpha value is -0.120. The molecule has 1 heterocycles. The van der Waals surface area contributed by atoms with Crippen molar-refractivity contribution < 1.29 is 4.74 Å². The Bertz CT molecular complexity index is 241. The molecule has 2 N–H and O–H groups in total. The van der Waals surface area contributed by atoms with E-state index in [2.05, 4.69) is 39.5 Å². The molecule has 0 aromatic heterocycles. The average molecular weight is 256 g/mol. The molecule has 3 nitrogen and oxygen atoms in total. The molecule has 2 unspecified atom stereocenters. The minimum absolute atomic E-state index is 0.152. The number of nitrogens with two attached hydrogens (primary N) is 1. The average Bonchev–Trinajstić information content (AvgIpc) is 2.24. The van der Waals surface area contributed by atoms with Gasteiger partial charge in [0, 0.05) is 24.7 Å². The summed E-state index contributed by atoms with van der Waals surface area (Å²) < 4.78 is 6.14. The van der Waals surface area contributed by atoms with Crippen LogP contribution >= 0.6 is 0 Å². The summed E-state index contributed by atoms with van der Waals surface area (Å²) in [7, 11) is 0. The SMILES string of the molecule is CCCCOC(C(C)C)N1CCC(N)CC1(C)C. The van der Waals surface area contributed by atoms with Crippen molar-refractivity contribution in [3.8, 4) is 0 Å². The Labute approximate surface area is 113 Å². The molecule has 0 aliphatic carbocycles. The van der Waals surface area contributed by atoms with Gasteiger partial charge in [0.15, 0.2) is 0 Å². The van der Waals surface area contributed by atoms with Gasteiger partial charge in [-0.15, -0.1) is 0 Å². The van der Waals surface area contributed by atoms with E-state index in [0.717, 1.165) is 32.4 Å². The molecule has 0 saturated carbocycles. The molecule has 1 saturated heterocycles. The quantitative estimate of drug-likeness (QED) is 0.743. The Morgan fingerprint density at radius 1 is 1.39 bits per heavy atom. The normalized spacial score (nSPS) is 26.5. The van der Waals surface area contributed by atoms with Crippen LogP contribution in [-0.2, 0) is 4.74 Å². The summed E-state index contributed by atoms with van der Waals surface area (Å²) in [6.07, 6.45) is 4.73. The molecular formula is C15H32N2O. The smallest absolute Gasteiger partial charge is 0.113 e. The van der Waals surface area contributed by atoms with E-state index in [1.165, 1.54) is 6.42 Å². The summed E-state index contributed by atoms with van der Waals surface area (Å²) in [5.41, 5.74) is 6.25. The van der Waals surface area contributed by atoms with E-state index in [9.17, 15) is 0 Å². The highest BCUT2D eigenvalue weighted by Gasteiger charge is 2.38. The molecule has 0 spiro atoms. The standard InChI is InChI=1S/C15H32N2O/c1-6-7-10-18-14(12(2)3)17-9-8-13(16)11-15(17,4)5/h12-14H,6-11,16H2,1-5H3. The molecule has 108 valence electrons. The highest BCUT2D eigenvalue weighted by molar-refractivity contribution is 4.92. The van der Waals surface area contributed by atoms with Crippen LogP contribution in [-0.4, -0.2) is 35.9 Å². The minimum Gasteiger partial charge on any atom is -0.363 e. The van der Waals surface area contributed by atoms with E-state index in [0.29, 0.717) is 12.0 Å². The molecule has 1 aliphatic rings. The number of likely N-dealkylation sites (tertiary alicyclic amines) is 1. The first-order chi connectivity index (χ1) is 8.38. The first-order valence-corrected chi connectivity index (χ1v) is 7.52. The number of hydrogen-bond acceptors (Lipinski definition) is 3.